The summed E-state index contributed by atoms with van der Waals surface area (Å²) in [5.74, 6) is 1.03. The molecule has 2 rings (SSSR count). The van der Waals surface area contributed by atoms with Gasteiger partial charge in [-0.3, -0.25) is 0 Å². The number of likely N-dealkylation sites (tertiary alicyclic amines) is 1. The van der Waals surface area contributed by atoms with Crippen molar-refractivity contribution in [3.8, 4) is 0 Å². The van der Waals surface area contributed by atoms with Gasteiger partial charge >= 0.3 is 6.09 Å². The minimum absolute atomic E-state index is 0.108. The summed E-state index contributed by atoms with van der Waals surface area (Å²) in [6, 6.07) is 0. The van der Waals surface area contributed by atoms with Crippen molar-refractivity contribution in [3.63, 3.8) is 0 Å². The van der Waals surface area contributed by atoms with Gasteiger partial charge in [0.05, 0.1) is 6.61 Å². The third-order valence-electron chi connectivity index (χ3n) is 4.65. The van der Waals surface area contributed by atoms with E-state index in [0.29, 0.717) is 18.4 Å². The normalized spacial score (nSPS) is 28.8. The van der Waals surface area contributed by atoms with Crippen LogP contribution in [0.15, 0.2) is 0 Å². The first-order valence-corrected chi connectivity index (χ1v) is 7.93. The van der Waals surface area contributed by atoms with E-state index in [9.17, 15) is 4.79 Å². The van der Waals surface area contributed by atoms with Crippen molar-refractivity contribution in [2.75, 3.05) is 26.2 Å². The Kier molecular flexibility index (Phi) is 5.95. The second-order valence-electron chi connectivity index (χ2n) is 6.02. The predicted octanol–water partition coefficient (Wildman–Crippen LogP) is 2.76. The Bertz CT molecular complexity index is 275. The molecule has 0 aromatic carbocycles. The average molecular weight is 268 g/mol. The fourth-order valence-electron chi connectivity index (χ4n) is 3.34. The van der Waals surface area contributed by atoms with Gasteiger partial charge in [0.1, 0.15) is 0 Å². The van der Waals surface area contributed by atoms with Crippen LogP contribution in [0.1, 0.15) is 51.4 Å². The predicted molar refractivity (Wildman–Crippen MR) is 75.9 cm³/mol. The molecular weight excluding hydrogens is 240 g/mol. The second-order valence-corrected chi connectivity index (χ2v) is 6.02. The summed E-state index contributed by atoms with van der Waals surface area (Å²) in [7, 11) is 0. The first-order valence-electron chi connectivity index (χ1n) is 7.93. The van der Waals surface area contributed by atoms with Gasteiger partial charge in [-0.2, -0.15) is 0 Å². The molecule has 1 aliphatic heterocycles. The number of carbonyl (C=O) groups is 1. The van der Waals surface area contributed by atoms with E-state index < -0.39 is 0 Å². The Balaban J connectivity index is 1.75. The molecule has 0 spiro atoms. The van der Waals surface area contributed by atoms with Gasteiger partial charge in [-0.05, 0) is 44.1 Å². The summed E-state index contributed by atoms with van der Waals surface area (Å²) in [5.41, 5.74) is 5.81. The van der Waals surface area contributed by atoms with Gasteiger partial charge in [-0.25, -0.2) is 4.79 Å². The molecule has 2 fully saturated rings. The van der Waals surface area contributed by atoms with Gasteiger partial charge in [-0.15, -0.1) is 0 Å². The van der Waals surface area contributed by atoms with Gasteiger partial charge in [0.15, 0.2) is 0 Å². The first kappa shape index (κ1) is 14.6. The van der Waals surface area contributed by atoms with Gasteiger partial charge in [0.2, 0.25) is 0 Å². The zero-order valence-corrected chi connectivity index (χ0v) is 12.0. The molecule has 1 saturated carbocycles. The molecular formula is C15H28N2O2. The number of amides is 1. The zero-order valence-electron chi connectivity index (χ0n) is 12.0. The number of carbonyl (C=O) groups excluding carboxylic acids is 1. The van der Waals surface area contributed by atoms with Crippen molar-refractivity contribution in [1.82, 2.24) is 4.90 Å². The number of nitrogens with zero attached hydrogens (tertiary/aromatic N) is 1. The molecule has 0 aromatic heterocycles. The lowest BCUT2D eigenvalue weighted by Crippen LogP contribution is -2.36. The molecule has 4 heteroatoms. The van der Waals surface area contributed by atoms with Crippen LogP contribution in [-0.2, 0) is 4.74 Å². The monoisotopic (exact) mass is 268 g/mol. The van der Waals surface area contributed by atoms with E-state index in [2.05, 4.69) is 0 Å². The summed E-state index contributed by atoms with van der Waals surface area (Å²) in [6.07, 6.45) is 9.48. The Morgan fingerprint density at radius 1 is 1.00 bits per heavy atom. The SMILES string of the molecule is NCC1CCCCC1COC(=O)N1CCCCCC1. The third-order valence-corrected chi connectivity index (χ3v) is 4.65. The van der Waals surface area contributed by atoms with Gasteiger partial charge in [0, 0.05) is 13.1 Å². The second kappa shape index (κ2) is 7.73. The van der Waals surface area contributed by atoms with E-state index in [0.717, 1.165) is 38.9 Å². The van der Waals surface area contributed by atoms with Gasteiger partial charge in [-0.1, -0.05) is 25.7 Å². The number of hydrogen-bond donors (Lipinski definition) is 1. The van der Waals surface area contributed by atoms with Crippen LogP contribution in [0, 0.1) is 11.8 Å². The molecule has 1 amide bonds. The minimum atomic E-state index is -0.108. The first-order chi connectivity index (χ1) is 9.31. The smallest absolute Gasteiger partial charge is 0.409 e. The van der Waals surface area contributed by atoms with E-state index in [-0.39, 0.29) is 6.09 Å². The minimum Gasteiger partial charge on any atom is -0.449 e. The summed E-state index contributed by atoms with van der Waals surface area (Å²) < 4.78 is 5.54. The lowest BCUT2D eigenvalue weighted by atomic mass is 9.80. The standard InChI is InChI=1S/C15H28N2O2/c16-11-13-7-3-4-8-14(13)12-19-15(18)17-9-5-1-2-6-10-17/h13-14H,1-12,16H2. The van der Waals surface area contributed by atoms with Crippen LogP contribution in [0.25, 0.3) is 0 Å². The van der Waals surface area contributed by atoms with Crippen molar-refractivity contribution in [2.45, 2.75) is 51.4 Å². The molecule has 4 nitrogen and oxygen atoms in total. The molecule has 110 valence electrons. The topological polar surface area (TPSA) is 55.6 Å². The number of hydrogen-bond acceptors (Lipinski definition) is 3. The maximum atomic E-state index is 12.1. The average Bonchev–Trinajstić information content (AvgIpc) is 2.74. The van der Waals surface area contributed by atoms with Crippen molar-refractivity contribution >= 4 is 6.09 Å². The van der Waals surface area contributed by atoms with E-state index in [4.69, 9.17) is 10.5 Å². The van der Waals surface area contributed by atoms with Crippen molar-refractivity contribution in [2.24, 2.45) is 17.6 Å². The molecule has 2 unspecified atom stereocenters. The molecule has 19 heavy (non-hydrogen) atoms. The largest absolute Gasteiger partial charge is 0.449 e. The summed E-state index contributed by atoms with van der Waals surface area (Å²) >= 11 is 0. The highest BCUT2D eigenvalue weighted by molar-refractivity contribution is 5.67. The number of ether oxygens (including phenoxy) is 1. The molecule has 0 bridgehead atoms. The van der Waals surface area contributed by atoms with E-state index in [1.54, 1.807) is 0 Å². The van der Waals surface area contributed by atoms with Crippen LogP contribution in [-0.4, -0.2) is 37.2 Å². The molecule has 1 saturated heterocycles. The number of nitrogens with two attached hydrogens (primary N) is 1. The van der Waals surface area contributed by atoms with Crippen LogP contribution >= 0.6 is 0 Å². The molecule has 1 aliphatic carbocycles. The van der Waals surface area contributed by atoms with Gasteiger partial charge < -0.3 is 15.4 Å². The Morgan fingerprint density at radius 3 is 2.26 bits per heavy atom. The van der Waals surface area contributed by atoms with Crippen LogP contribution < -0.4 is 5.73 Å². The maximum Gasteiger partial charge on any atom is 0.409 e. The Morgan fingerprint density at radius 2 is 1.63 bits per heavy atom. The third kappa shape index (κ3) is 4.37. The maximum absolute atomic E-state index is 12.1. The lowest BCUT2D eigenvalue weighted by Gasteiger charge is -2.31. The van der Waals surface area contributed by atoms with Crippen molar-refractivity contribution < 1.29 is 9.53 Å². The fraction of sp³-hybridized carbons (Fsp3) is 0.933. The van der Waals surface area contributed by atoms with Crippen LogP contribution in [0.4, 0.5) is 4.79 Å². The summed E-state index contributed by atoms with van der Waals surface area (Å²) in [5, 5.41) is 0. The van der Waals surface area contributed by atoms with Crippen molar-refractivity contribution in [3.05, 3.63) is 0 Å². The van der Waals surface area contributed by atoms with Crippen LogP contribution in [0.2, 0.25) is 0 Å². The quantitative estimate of drug-likeness (QED) is 0.856. The Labute approximate surface area is 116 Å². The fourth-order valence-corrected chi connectivity index (χ4v) is 3.34. The van der Waals surface area contributed by atoms with Gasteiger partial charge in [0.25, 0.3) is 0 Å². The molecule has 2 aliphatic rings. The zero-order chi connectivity index (χ0) is 13.5. The summed E-state index contributed by atoms with van der Waals surface area (Å²) in [4.78, 5) is 13.9. The molecule has 2 N–H and O–H groups in total. The summed E-state index contributed by atoms with van der Waals surface area (Å²) in [6.45, 7) is 3.02. The molecule has 0 radical (unpaired) electrons. The van der Waals surface area contributed by atoms with E-state index in [1.165, 1.54) is 32.1 Å². The molecule has 1 heterocycles. The highest BCUT2D eigenvalue weighted by atomic mass is 16.6. The highest BCUT2D eigenvalue weighted by Crippen LogP contribution is 2.29. The van der Waals surface area contributed by atoms with Crippen LogP contribution in [0.3, 0.4) is 0 Å². The molecule has 2 atom stereocenters. The number of rotatable bonds is 3. The van der Waals surface area contributed by atoms with Crippen molar-refractivity contribution in [1.29, 1.82) is 0 Å². The van der Waals surface area contributed by atoms with E-state index in [1.807, 2.05) is 4.90 Å². The van der Waals surface area contributed by atoms with Crippen LogP contribution in [0.5, 0.6) is 0 Å². The van der Waals surface area contributed by atoms with E-state index >= 15 is 0 Å². The Hall–Kier alpha value is -0.770. The highest BCUT2D eigenvalue weighted by Gasteiger charge is 2.26. The lowest BCUT2D eigenvalue weighted by molar-refractivity contribution is 0.0667. The molecule has 0 aromatic rings.